The van der Waals surface area contributed by atoms with Crippen molar-refractivity contribution >= 4 is 34.5 Å². The van der Waals surface area contributed by atoms with Gasteiger partial charge in [-0.25, -0.2) is 14.8 Å². The molecule has 2 saturated heterocycles. The van der Waals surface area contributed by atoms with Crippen LogP contribution in [0.3, 0.4) is 0 Å². The van der Waals surface area contributed by atoms with Crippen LogP contribution in [-0.4, -0.2) is 94.9 Å². The van der Waals surface area contributed by atoms with E-state index < -0.39 is 18.2 Å². The predicted octanol–water partition coefficient (Wildman–Crippen LogP) is 1.65. The molecule has 3 amide bonds. The quantitative estimate of drug-likeness (QED) is 0.569. The first-order valence-electron chi connectivity index (χ1n) is 12.3. The number of nitrogens with one attached hydrogen (secondary N) is 2. The molecule has 2 unspecified atom stereocenters. The average molecular weight is 487 g/mol. The summed E-state index contributed by atoms with van der Waals surface area (Å²) in [5, 5.41) is 2.46. The number of imide groups is 1. The first-order chi connectivity index (χ1) is 17.5. The minimum atomic E-state index is -0.573. The number of H-pyrrole nitrogens is 1. The number of hydrogen-bond donors (Lipinski definition) is 2. The van der Waals surface area contributed by atoms with Gasteiger partial charge >= 0.3 is 6.03 Å². The topological polar surface area (TPSA) is 100 Å². The van der Waals surface area contributed by atoms with Crippen LogP contribution in [0.1, 0.15) is 11.4 Å². The molecule has 3 aliphatic heterocycles. The normalized spacial score (nSPS) is 22.7. The van der Waals surface area contributed by atoms with E-state index in [2.05, 4.69) is 45.3 Å². The molecule has 10 nitrogen and oxygen atoms in total. The number of aliphatic imine (C=N–C) groups is 1. The molecule has 2 aromatic carbocycles. The lowest BCUT2D eigenvalue weighted by Crippen LogP contribution is -2.63. The van der Waals surface area contributed by atoms with Crippen molar-refractivity contribution in [3.63, 3.8) is 0 Å². The number of aromatic amines is 1. The molecule has 3 aromatic rings. The summed E-state index contributed by atoms with van der Waals surface area (Å²) >= 11 is 0. The van der Waals surface area contributed by atoms with Crippen LogP contribution in [-0.2, 0) is 17.8 Å². The average Bonchev–Trinajstić information content (AvgIpc) is 3.44. The smallest absolute Gasteiger partial charge is 0.325 e. The lowest BCUT2D eigenvalue weighted by molar-refractivity contribution is -0.127. The number of nitrogens with zero attached hydrogens (tertiary/aromatic N) is 6. The molecular formula is C26H30N8O2. The third kappa shape index (κ3) is 4.07. The second-order valence-corrected chi connectivity index (χ2v) is 9.77. The van der Waals surface area contributed by atoms with Crippen molar-refractivity contribution < 1.29 is 9.59 Å². The lowest BCUT2D eigenvalue weighted by atomic mass is 10.1. The van der Waals surface area contributed by atoms with E-state index >= 15 is 0 Å². The number of fused-ring (bicyclic) bond motifs is 2. The Morgan fingerprint density at radius 3 is 2.56 bits per heavy atom. The number of urea groups is 1. The number of hydrogen-bond acceptors (Lipinski definition) is 7. The van der Waals surface area contributed by atoms with Crippen molar-refractivity contribution in [1.82, 2.24) is 30.0 Å². The van der Waals surface area contributed by atoms with Gasteiger partial charge in [0, 0.05) is 45.5 Å². The zero-order valence-corrected chi connectivity index (χ0v) is 20.5. The first kappa shape index (κ1) is 22.5. The molecule has 36 heavy (non-hydrogen) atoms. The fourth-order valence-corrected chi connectivity index (χ4v) is 5.24. The number of imidazole rings is 1. The Morgan fingerprint density at radius 2 is 1.78 bits per heavy atom. The standard InChI is InChI=1S/C26H30N8O2/c1-31-10-12-33(13-11-31)18-8-9-19-20(14-18)28-21(27-19)15-22-29-24-23(25(35)30-26(36)32(24)2)34(22)16-17-6-4-3-5-7-17/h3-9,14,23-24H,10-13,15-16H2,1-2H3,(H,27,28)(H,30,35,36). The Hall–Kier alpha value is -3.92. The highest BCUT2D eigenvalue weighted by Crippen LogP contribution is 2.28. The van der Waals surface area contributed by atoms with Crippen LogP contribution in [0.15, 0.2) is 53.5 Å². The van der Waals surface area contributed by atoms with Gasteiger partial charge in [-0.15, -0.1) is 0 Å². The van der Waals surface area contributed by atoms with Gasteiger partial charge < -0.3 is 24.6 Å². The van der Waals surface area contributed by atoms with Crippen molar-refractivity contribution in [2.24, 2.45) is 4.99 Å². The molecule has 1 aromatic heterocycles. The summed E-state index contributed by atoms with van der Waals surface area (Å²) in [6.07, 6.45) is -0.119. The van der Waals surface area contributed by atoms with Gasteiger partial charge in [-0.1, -0.05) is 30.3 Å². The number of rotatable bonds is 5. The van der Waals surface area contributed by atoms with Crippen LogP contribution >= 0.6 is 0 Å². The van der Waals surface area contributed by atoms with Crippen LogP contribution in [0.5, 0.6) is 0 Å². The van der Waals surface area contributed by atoms with E-state index in [1.165, 1.54) is 10.6 Å². The maximum Gasteiger partial charge on any atom is 0.325 e. The van der Waals surface area contributed by atoms with Crippen molar-refractivity contribution in [2.45, 2.75) is 25.2 Å². The van der Waals surface area contributed by atoms with E-state index in [1.54, 1.807) is 7.05 Å². The predicted molar refractivity (Wildman–Crippen MR) is 138 cm³/mol. The molecule has 0 radical (unpaired) electrons. The summed E-state index contributed by atoms with van der Waals surface area (Å²) in [4.78, 5) is 46.5. The molecule has 2 fully saturated rings. The monoisotopic (exact) mass is 486 g/mol. The Labute approximate surface area is 209 Å². The molecule has 3 aliphatic rings. The highest BCUT2D eigenvalue weighted by Gasteiger charge is 2.48. The number of amidine groups is 1. The summed E-state index contributed by atoms with van der Waals surface area (Å²) in [5.74, 6) is 1.20. The Morgan fingerprint density at radius 1 is 1.00 bits per heavy atom. The van der Waals surface area contributed by atoms with E-state index in [9.17, 15) is 9.59 Å². The minimum Gasteiger partial charge on any atom is -0.369 e. The zero-order valence-electron chi connectivity index (χ0n) is 20.5. The van der Waals surface area contributed by atoms with Gasteiger partial charge in [-0.2, -0.15) is 0 Å². The number of piperazine rings is 1. The fourth-order valence-electron chi connectivity index (χ4n) is 5.24. The van der Waals surface area contributed by atoms with E-state index in [0.29, 0.717) is 13.0 Å². The summed E-state index contributed by atoms with van der Waals surface area (Å²) in [5.41, 5.74) is 4.15. The van der Waals surface area contributed by atoms with E-state index in [-0.39, 0.29) is 5.91 Å². The molecule has 2 N–H and O–H groups in total. The van der Waals surface area contributed by atoms with Crippen LogP contribution < -0.4 is 10.2 Å². The zero-order chi connectivity index (χ0) is 24.8. The minimum absolute atomic E-state index is 0.320. The number of carbonyl (C=O) groups excluding carboxylic acids is 2. The molecule has 10 heteroatoms. The molecule has 2 atom stereocenters. The van der Waals surface area contributed by atoms with Crippen molar-refractivity contribution in [3.8, 4) is 0 Å². The van der Waals surface area contributed by atoms with Gasteiger partial charge in [0.25, 0.3) is 5.91 Å². The van der Waals surface area contributed by atoms with E-state index in [1.807, 2.05) is 35.2 Å². The number of carbonyl (C=O) groups is 2. The lowest BCUT2D eigenvalue weighted by Gasteiger charge is -2.36. The third-order valence-corrected chi connectivity index (χ3v) is 7.35. The largest absolute Gasteiger partial charge is 0.369 e. The van der Waals surface area contributed by atoms with Crippen LogP contribution in [0, 0.1) is 0 Å². The van der Waals surface area contributed by atoms with Gasteiger partial charge in [-0.3, -0.25) is 10.1 Å². The van der Waals surface area contributed by atoms with Crippen molar-refractivity contribution in [2.75, 3.05) is 45.2 Å². The second-order valence-electron chi connectivity index (χ2n) is 9.77. The first-order valence-corrected chi connectivity index (χ1v) is 12.3. The molecule has 0 saturated carbocycles. The second kappa shape index (κ2) is 8.94. The molecular weight excluding hydrogens is 456 g/mol. The summed E-state index contributed by atoms with van der Waals surface area (Å²) < 4.78 is 0. The van der Waals surface area contributed by atoms with Gasteiger partial charge in [0.15, 0.2) is 12.2 Å². The van der Waals surface area contributed by atoms with E-state index in [0.717, 1.165) is 54.4 Å². The fraction of sp³-hybridized carbons (Fsp3) is 0.385. The Balaban J connectivity index is 1.28. The Kier molecular flexibility index (Phi) is 5.60. The molecule has 0 bridgehead atoms. The summed E-state index contributed by atoms with van der Waals surface area (Å²) in [6.45, 7) is 4.63. The number of amides is 3. The van der Waals surface area contributed by atoms with Gasteiger partial charge in [0.05, 0.1) is 17.5 Å². The van der Waals surface area contributed by atoms with Gasteiger partial charge in [-0.05, 0) is 30.8 Å². The van der Waals surface area contributed by atoms with Gasteiger partial charge in [0.2, 0.25) is 0 Å². The maximum absolute atomic E-state index is 12.9. The molecule has 6 rings (SSSR count). The van der Waals surface area contributed by atoms with Crippen LogP contribution in [0.4, 0.5) is 10.5 Å². The maximum atomic E-state index is 12.9. The van der Waals surface area contributed by atoms with Gasteiger partial charge in [0.1, 0.15) is 11.7 Å². The van der Waals surface area contributed by atoms with Crippen LogP contribution in [0.2, 0.25) is 0 Å². The highest BCUT2D eigenvalue weighted by molar-refractivity contribution is 6.04. The number of likely N-dealkylation sites (N-methyl/N-ethyl adjacent to an activating group) is 2. The summed E-state index contributed by atoms with van der Waals surface area (Å²) in [6, 6.07) is 15.3. The summed E-state index contributed by atoms with van der Waals surface area (Å²) in [7, 11) is 3.83. The third-order valence-electron chi connectivity index (χ3n) is 7.35. The van der Waals surface area contributed by atoms with Crippen LogP contribution in [0.25, 0.3) is 11.0 Å². The SMILES string of the molecule is CN1CCN(c2ccc3nc(CC4=NC5C(C(=O)NC(=O)N5C)N4Cc4ccccc4)[nH]c3c2)CC1. The molecule has 0 aliphatic carbocycles. The number of benzene rings is 2. The molecule has 0 spiro atoms. The Bertz CT molecular complexity index is 1330. The molecule has 4 heterocycles. The van der Waals surface area contributed by atoms with E-state index in [4.69, 9.17) is 9.98 Å². The van der Waals surface area contributed by atoms with Crippen molar-refractivity contribution in [3.05, 3.63) is 59.9 Å². The highest BCUT2D eigenvalue weighted by atomic mass is 16.2. The number of aromatic nitrogens is 2. The number of anilines is 1. The molecule has 186 valence electrons. The van der Waals surface area contributed by atoms with Crippen molar-refractivity contribution in [1.29, 1.82) is 0 Å².